The van der Waals surface area contributed by atoms with Gasteiger partial charge in [-0.3, -0.25) is 0 Å². The van der Waals surface area contributed by atoms with Gasteiger partial charge in [-0.15, -0.1) is 0 Å². The number of aryl methyl sites for hydroxylation is 3. The maximum absolute atomic E-state index is 3.41. The summed E-state index contributed by atoms with van der Waals surface area (Å²) < 4.78 is 0. The van der Waals surface area contributed by atoms with E-state index in [0.29, 0.717) is 6.04 Å². The molecule has 1 heterocycles. The van der Waals surface area contributed by atoms with E-state index in [1.165, 1.54) is 27.8 Å². The third kappa shape index (κ3) is 2.43. The van der Waals surface area contributed by atoms with Gasteiger partial charge in [0.05, 0.1) is 6.04 Å². The number of rotatable bonds is 3. The molecule has 0 saturated carbocycles. The van der Waals surface area contributed by atoms with Crippen molar-refractivity contribution in [3.63, 3.8) is 0 Å². The average molecular weight is 245 g/mol. The zero-order valence-electron chi connectivity index (χ0n) is 10.9. The van der Waals surface area contributed by atoms with Crippen LogP contribution in [0.3, 0.4) is 0 Å². The Hall–Kier alpha value is -1.12. The van der Waals surface area contributed by atoms with Crippen LogP contribution >= 0.6 is 11.3 Å². The van der Waals surface area contributed by atoms with Gasteiger partial charge in [0.1, 0.15) is 0 Å². The average Bonchev–Trinajstić information content (AvgIpc) is 2.71. The van der Waals surface area contributed by atoms with Gasteiger partial charge >= 0.3 is 0 Å². The highest BCUT2D eigenvalue weighted by Gasteiger charge is 2.15. The molecule has 0 aliphatic heterocycles. The van der Waals surface area contributed by atoms with E-state index in [4.69, 9.17) is 0 Å². The van der Waals surface area contributed by atoms with Crippen molar-refractivity contribution in [2.75, 3.05) is 7.05 Å². The van der Waals surface area contributed by atoms with E-state index in [1.807, 2.05) is 7.05 Å². The highest BCUT2D eigenvalue weighted by atomic mass is 32.1. The van der Waals surface area contributed by atoms with Gasteiger partial charge in [-0.2, -0.15) is 11.3 Å². The lowest BCUT2D eigenvalue weighted by Crippen LogP contribution is -2.18. The molecule has 0 saturated heterocycles. The van der Waals surface area contributed by atoms with Crippen LogP contribution < -0.4 is 5.32 Å². The predicted molar refractivity (Wildman–Crippen MR) is 75.9 cm³/mol. The van der Waals surface area contributed by atoms with Crippen molar-refractivity contribution in [2.45, 2.75) is 26.8 Å². The van der Waals surface area contributed by atoms with E-state index in [-0.39, 0.29) is 0 Å². The van der Waals surface area contributed by atoms with Crippen LogP contribution in [0.2, 0.25) is 0 Å². The second-order valence-electron chi connectivity index (χ2n) is 4.58. The lowest BCUT2D eigenvalue weighted by atomic mass is 9.95. The van der Waals surface area contributed by atoms with Crippen molar-refractivity contribution in [2.24, 2.45) is 0 Å². The number of nitrogens with one attached hydrogen (secondary N) is 1. The molecule has 1 aromatic heterocycles. The molecule has 0 spiro atoms. The molecule has 0 radical (unpaired) electrons. The summed E-state index contributed by atoms with van der Waals surface area (Å²) in [5.74, 6) is 0. The SMILES string of the molecule is CNC(c1ccc(C)c(C)c1)c1cscc1C. The van der Waals surface area contributed by atoms with Crippen LogP contribution in [-0.4, -0.2) is 7.05 Å². The van der Waals surface area contributed by atoms with Gasteiger partial charge in [0.2, 0.25) is 0 Å². The molecule has 0 fully saturated rings. The standard InChI is InChI=1S/C15H19NS/c1-10-5-6-13(7-11(10)2)15(16-4)14-9-17-8-12(14)3/h5-9,15-16H,1-4H3. The third-order valence-corrected chi connectivity index (χ3v) is 4.24. The van der Waals surface area contributed by atoms with Gasteiger partial charge in [0, 0.05) is 0 Å². The number of benzene rings is 1. The number of thiophene rings is 1. The van der Waals surface area contributed by atoms with Gasteiger partial charge in [-0.25, -0.2) is 0 Å². The Balaban J connectivity index is 2.42. The molecule has 0 aliphatic rings. The normalized spacial score (nSPS) is 12.7. The summed E-state index contributed by atoms with van der Waals surface area (Å²) in [5.41, 5.74) is 6.81. The molecule has 2 heteroatoms. The second kappa shape index (κ2) is 5.03. The minimum atomic E-state index is 0.306. The smallest absolute Gasteiger partial charge is 0.0585 e. The maximum atomic E-state index is 3.41. The van der Waals surface area contributed by atoms with Crippen LogP contribution in [0.5, 0.6) is 0 Å². The van der Waals surface area contributed by atoms with Crippen LogP contribution in [0.4, 0.5) is 0 Å². The van der Waals surface area contributed by atoms with E-state index in [2.05, 4.69) is 55.0 Å². The molecule has 1 N–H and O–H groups in total. The van der Waals surface area contributed by atoms with E-state index in [9.17, 15) is 0 Å². The Morgan fingerprint density at radius 1 is 1.00 bits per heavy atom. The van der Waals surface area contributed by atoms with Gasteiger partial charge in [0.15, 0.2) is 0 Å². The maximum Gasteiger partial charge on any atom is 0.0585 e. The Morgan fingerprint density at radius 2 is 1.76 bits per heavy atom. The summed E-state index contributed by atoms with van der Waals surface area (Å²) in [5, 5.41) is 7.87. The fourth-order valence-electron chi connectivity index (χ4n) is 2.11. The second-order valence-corrected chi connectivity index (χ2v) is 5.32. The summed E-state index contributed by atoms with van der Waals surface area (Å²) in [7, 11) is 2.02. The summed E-state index contributed by atoms with van der Waals surface area (Å²) in [6, 6.07) is 7.02. The van der Waals surface area contributed by atoms with Crippen LogP contribution in [0.1, 0.15) is 33.9 Å². The van der Waals surface area contributed by atoms with E-state index in [1.54, 1.807) is 11.3 Å². The van der Waals surface area contributed by atoms with Crippen LogP contribution in [0, 0.1) is 20.8 Å². The van der Waals surface area contributed by atoms with Crippen LogP contribution in [0.15, 0.2) is 29.0 Å². The number of hydrogen-bond donors (Lipinski definition) is 1. The first-order valence-electron chi connectivity index (χ1n) is 5.90. The predicted octanol–water partition coefficient (Wildman–Crippen LogP) is 3.98. The van der Waals surface area contributed by atoms with Gasteiger partial charge in [-0.05, 0) is 66.4 Å². The molecule has 2 rings (SSSR count). The minimum Gasteiger partial charge on any atom is -0.309 e. The Morgan fingerprint density at radius 3 is 2.29 bits per heavy atom. The van der Waals surface area contributed by atoms with Crippen molar-refractivity contribution in [1.82, 2.24) is 5.32 Å². The van der Waals surface area contributed by atoms with Crippen molar-refractivity contribution in [3.05, 3.63) is 56.8 Å². The zero-order valence-corrected chi connectivity index (χ0v) is 11.7. The third-order valence-electron chi connectivity index (χ3n) is 3.36. The molecule has 1 unspecified atom stereocenters. The summed E-state index contributed by atoms with van der Waals surface area (Å²) >= 11 is 1.77. The first-order valence-corrected chi connectivity index (χ1v) is 6.85. The summed E-state index contributed by atoms with van der Waals surface area (Å²) in [6.45, 7) is 6.51. The summed E-state index contributed by atoms with van der Waals surface area (Å²) in [6.07, 6.45) is 0. The highest BCUT2D eigenvalue weighted by Crippen LogP contribution is 2.28. The van der Waals surface area contributed by atoms with Gasteiger partial charge in [-0.1, -0.05) is 18.2 Å². The largest absolute Gasteiger partial charge is 0.309 e. The molecule has 0 bridgehead atoms. The van der Waals surface area contributed by atoms with Crippen molar-refractivity contribution >= 4 is 11.3 Å². The van der Waals surface area contributed by atoms with Crippen molar-refractivity contribution in [3.8, 4) is 0 Å². The van der Waals surface area contributed by atoms with Gasteiger partial charge < -0.3 is 5.32 Å². The first kappa shape index (κ1) is 12.3. The lowest BCUT2D eigenvalue weighted by Gasteiger charge is -2.18. The molecule has 90 valence electrons. The molecular formula is C15H19NS. The molecule has 0 amide bonds. The Labute approximate surface area is 108 Å². The molecule has 1 atom stereocenters. The molecular weight excluding hydrogens is 226 g/mol. The molecule has 1 aromatic carbocycles. The Bertz CT molecular complexity index is 513. The monoisotopic (exact) mass is 245 g/mol. The molecule has 17 heavy (non-hydrogen) atoms. The molecule has 1 nitrogen and oxygen atoms in total. The quantitative estimate of drug-likeness (QED) is 0.862. The lowest BCUT2D eigenvalue weighted by molar-refractivity contribution is 0.689. The van der Waals surface area contributed by atoms with E-state index in [0.717, 1.165) is 0 Å². The molecule has 0 aliphatic carbocycles. The number of hydrogen-bond acceptors (Lipinski definition) is 2. The topological polar surface area (TPSA) is 12.0 Å². The van der Waals surface area contributed by atoms with Crippen LogP contribution in [-0.2, 0) is 0 Å². The molecule has 2 aromatic rings. The minimum absolute atomic E-state index is 0.306. The fraction of sp³-hybridized carbons (Fsp3) is 0.333. The van der Waals surface area contributed by atoms with Crippen LogP contribution in [0.25, 0.3) is 0 Å². The summed E-state index contributed by atoms with van der Waals surface area (Å²) in [4.78, 5) is 0. The van der Waals surface area contributed by atoms with Gasteiger partial charge in [0.25, 0.3) is 0 Å². The van der Waals surface area contributed by atoms with E-state index >= 15 is 0 Å². The Kier molecular flexibility index (Phi) is 3.65. The highest BCUT2D eigenvalue weighted by molar-refractivity contribution is 7.08. The first-order chi connectivity index (χ1) is 8.13. The van der Waals surface area contributed by atoms with E-state index < -0.39 is 0 Å². The van der Waals surface area contributed by atoms with Crippen molar-refractivity contribution < 1.29 is 0 Å². The zero-order chi connectivity index (χ0) is 12.4. The van der Waals surface area contributed by atoms with Crippen molar-refractivity contribution in [1.29, 1.82) is 0 Å². The fourth-order valence-corrected chi connectivity index (χ4v) is 2.99.